The molecule has 1 aliphatic carbocycles. The highest BCUT2D eigenvalue weighted by Crippen LogP contribution is 2.42. The van der Waals surface area contributed by atoms with Crippen LogP contribution in [0.2, 0.25) is 0 Å². The molecule has 0 aromatic heterocycles. The molecule has 1 heterocycles. The molecule has 0 aromatic carbocycles. The van der Waals surface area contributed by atoms with Crippen LogP contribution < -0.4 is 10.6 Å². The van der Waals surface area contributed by atoms with Crippen LogP contribution in [0.4, 0.5) is 0 Å². The molecule has 2 fully saturated rings. The van der Waals surface area contributed by atoms with Gasteiger partial charge in [-0.15, -0.1) is 24.0 Å². The van der Waals surface area contributed by atoms with Gasteiger partial charge in [-0.05, 0) is 44.9 Å². The highest BCUT2D eigenvalue weighted by Gasteiger charge is 2.36. The van der Waals surface area contributed by atoms with Crippen LogP contribution in [0.15, 0.2) is 4.99 Å². The van der Waals surface area contributed by atoms with Crippen molar-refractivity contribution in [3.63, 3.8) is 0 Å². The summed E-state index contributed by atoms with van der Waals surface area (Å²) in [5, 5.41) is 6.20. The predicted molar refractivity (Wildman–Crippen MR) is 111 cm³/mol. The first-order chi connectivity index (χ1) is 11.2. The normalized spacial score (nSPS) is 20.9. The quantitative estimate of drug-likeness (QED) is 0.393. The third-order valence-corrected chi connectivity index (χ3v) is 5.21. The number of carbonyl (C=O) groups is 1. The summed E-state index contributed by atoms with van der Waals surface area (Å²) in [6.07, 6.45) is 10.9. The summed E-state index contributed by atoms with van der Waals surface area (Å²) in [4.78, 5) is 18.7. The molecule has 140 valence electrons. The van der Waals surface area contributed by atoms with Crippen LogP contribution in [0, 0.1) is 5.41 Å². The lowest BCUT2D eigenvalue weighted by atomic mass is 9.74. The largest absolute Gasteiger partial charge is 0.357 e. The minimum atomic E-state index is 0. The van der Waals surface area contributed by atoms with Gasteiger partial charge in [0.25, 0.3) is 0 Å². The number of likely N-dealkylation sites (N-methyl/N-ethyl adjacent to an activating group) is 1. The maximum atomic E-state index is 11.7. The van der Waals surface area contributed by atoms with Crippen molar-refractivity contribution in [1.82, 2.24) is 15.5 Å². The zero-order chi connectivity index (χ0) is 16.5. The average Bonchev–Trinajstić information content (AvgIpc) is 2.77. The summed E-state index contributed by atoms with van der Waals surface area (Å²) in [6.45, 7) is 7.92. The number of aliphatic imine (C=N–C) groups is 1. The van der Waals surface area contributed by atoms with Gasteiger partial charge in [-0.25, -0.2) is 4.99 Å². The van der Waals surface area contributed by atoms with Crippen molar-refractivity contribution < 1.29 is 4.79 Å². The van der Waals surface area contributed by atoms with E-state index in [-0.39, 0.29) is 36.4 Å². The molecule has 0 aromatic rings. The molecule has 1 saturated heterocycles. The van der Waals surface area contributed by atoms with E-state index < -0.39 is 0 Å². The zero-order valence-electron chi connectivity index (χ0n) is 15.4. The van der Waals surface area contributed by atoms with E-state index in [1.54, 1.807) is 0 Å². The molecule has 24 heavy (non-hydrogen) atoms. The van der Waals surface area contributed by atoms with Crippen LogP contribution in [-0.4, -0.2) is 49.5 Å². The highest BCUT2D eigenvalue weighted by atomic mass is 127. The van der Waals surface area contributed by atoms with Crippen molar-refractivity contribution in [2.45, 2.75) is 65.2 Å². The van der Waals surface area contributed by atoms with E-state index in [9.17, 15) is 4.79 Å². The summed E-state index contributed by atoms with van der Waals surface area (Å²) >= 11 is 0. The Morgan fingerprint density at radius 1 is 1.00 bits per heavy atom. The van der Waals surface area contributed by atoms with Crippen LogP contribution in [0.3, 0.4) is 0 Å². The number of halogens is 1. The molecule has 0 unspecified atom stereocenters. The summed E-state index contributed by atoms with van der Waals surface area (Å²) in [5.41, 5.74) is 0.483. The minimum Gasteiger partial charge on any atom is -0.357 e. The number of hydrogen-bond donors (Lipinski definition) is 2. The van der Waals surface area contributed by atoms with Gasteiger partial charge in [0.15, 0.2) is 5.96 Å². The molecule has 1 aliphatic heterocycles. The Balaban J connectivity index is 0.00000288. The number of guanidine groups is 1. The molecule has 2 rings (SSSR count). The highest BCUT2D eigenvalue weighted by molar-refractivity contribution is 14.0. The molecule has 0 radical (unpaired) electrons. The second-order valence-corrected chi connectivity index (χ2v) is 7.06. The number of amides is 1. The van der Waals surface area contributed by atoms with Gasteiger partial charge < -0.3 is 15.5 Å². The van der Waals surface area contributed by atoms with Gasteiger partial charge >= 0.3 is 0 Å². The number of likely N-dealkylation sites (tertiary alicyclic amines) is 1. The van der Waals surface area contributed by atoms with E-state index in [2.05, 4.69) is 27.4 Å². The SMILES string of the molecule is CCNC(=O)CN=C(NCC)N1CCCC2(CCCCCC2)C1.I. The van der Waals surface area contributed by atoms with E-state index in [0.717, 1.165) is 25.6 Å². The van der Waals surface area contributed by atoms with Gasteiger partial charge in [0.2, 0.25) is 5.91 Å². The number of hydrogen-bond acceptors (Lipinski definition) is 2. The van der Waals surface area contributed by atoms with Gasteiger partial charge in [0.05, 0.1) is 0 Å². The Morgan fingerprint density at radius 2 is 1.62 bits per heavy atom. The third kappa shape index (κ3) is 6.41. The van der Waals surface area contributed by atoms with Crippen molar-refractivity contribution in [2.75, 3.05) is 32.7 Å². The Morgan fingerprint density at radius 3 is 2.25 bits per heavy atom. The maximum Gasteiger partial charge on any atom is 0.241 e. The van der Waals surface area contributed by atoms with Crippen molar-refractivity contribution in [3.8, 4) is 0 Å². The first-order valence-corrected chi connectivity index (χ1v) is 9.49. The fourth-order valence-corrected chi connectivity index (χ4v) is 4.10. The lowest BCUT2D eigenvalue weighted by Crippen LogP contribution is -2.50. The monoisotopic (exact) mass is 450 g/mol. The van der Waals surface area contributed by atoms with Crippen LogP contribution in [0.25, 0.3) is 0 Å². The molecular formula is C18H35IN4O. The van der Waals surface area contributed by atoms with E-state index in [4.69, 9.17) is 0 Å². The molecule has 1 spiro atoms. The topological polar surface area (TPSA) is 56.7 Å². The van der Waals surface area contributed by atoms with Gasteiger partial charge in [0.1, 0.15) is 6.54 Å². The Hall–Kier alpha value is -0.530. The number of rotatable bonds is 4. The van der Waals surface area contributed by atoms with E-state index in [0.29, 0.717) is 12.0 Å². The van der Waals surface area contributed by atoms with Crippen LogP contribution in [0.5, 0.6) is 0 Å². The van der Waals surface area contributed by atoms with Crippen molar-refractivity contribution in [1.29, 1.82) is 0 Å². The molecule has 1 amide bonds. The molecule has 1 saturated carbocycles. The van der Waals surface area contributed by atoms with E-state index >= 15 is 0 Å². The van der Waals surface area contributed by atoms with Gasteiger partial charge in [0, 0.05) is 26.2 Å². The fraction of sp³-hybridized carbons (Fsp3) is 0.889. The summed E-state index contributed by atoms with van der Waals surface area (Å²) in [5.74, 6) is 0.922. The second kappa shape index (κ2) is 11.2. The lowest BCUT2D eigenvalue weighted by molar-refractivity contribution is -0.119. The van der Waals surface area contributed by atoms with Crippen molar-refractivity contribution in [2.24, 2.45) is 10.4 Å². The molecule has 0 atom stereocenters. The standard InChI is InChI=1S/C18H34N4O.HI/c1-3-19-16(23)14-21-17(20-4-2)22-13-9-12-18(15-22)10-7-5-6-8-11-18;/h3-15H2,1-2H3,(H,19,23)(H,20,21);1H. The van der Waals surface area contributed by atoms with E-state index in [1.165, 1.54) is 51.4 Å². The zero-order valence-corrected chi connectivity index (χ0v) is 17.7. The second-order valence-electron chi connectivity index (χ2n) is 7.06. The van der Waals surface area contributed by atoms with Gasteiger partial charge in [-0.2, -0.15) is 0 Å². The van der Waals surface area contributed by atoms with Crippen molar-refractivity contribution in [3.05, 3.63) is 0 Å². The summed E-state index contributed by atoms with van der Waals surface area (Å²) in [7, 11) is 0. The predicted octanol–water partition coefficient (Wildman–Crippen LogP) is 3.14. The van der Waals surface area contributed by atoms with Gasteiger partial charge in [-0.3, -0.25) is 4.79 Å². The molecule has 2 aliphatic rings. The first kappa shape index (κ1) is 21.5. The van der Waals surface area contributed by atoms with Crippen LogP contribution in [-0.2, 0) is 4.79 Å². The minimum absolute atomic E-state index is 0. The molecular weight excluding hydrogens is 415 g/mol. The maximum absolute atomic E-state index is 11.7. The molecule has 2 N–H and O–H groups in total. The Labute approximate surface area is 164 Å². The van der Waals surface area contributed by atoms with Crippen LogP contribution >= 0.6 is 24.0 Å². The lowest BCUT2D eigenvalue weighted by Gasteiger charge is -2.44. The Kier molecular flexibility index (Phi) is 10.0. The Bertz CT molecular complexity index is 406. The molecule has 0 bridgehead atoms. The first-order valence-electron chi connectivity index (χ1n) is 9.49. The molecule has 6 heteroatoms. The van der Waals surface area contributed by atoms with Crippen LogP contribution in [0.1, 0.15) is 65.2 Å². The molecule has 5 nitrogen and oxygen atoms in total. The van der Waals surface area contributed by atoms with Crippen molar-refractivity contribution >= 4 is 35.8 Å². The number of nitrogens with zero attached hydrogens (tertiary/aromatic N) is 2. The third-order valence-electron chi connectivity index (χ3n) is 5.21. The smallest absolute Gasteiger partial charge is 0.241 e. The summed E-state index contributed by atoms with van der Waals surface area (Å²) < 4.78 is 0. The number of carbonyl (C=O) groups excluding carboxylic acids is 1. The number of piperidine rings is 1. The fourth-order valence-electron chi connectivity index (χ4n) is 4.10. The van der Waals surface area contributed by atoms with Gasteiger partial charge in [-0.1, -0.05) is 25.7 Å². The summed E-state index contributed by atoms with van der Waals surface area (Å²) in [6, 6.07) is 0. The van der Waals surface area contributed by atoms with E-state index in [1.807, 2.05) is 6.92 Å². The number of nitrogens with one attached hydrogen (secondary N) is 2. The average molecular weight is 450 g/mol.